The lowest BCUT2D eigenvalue weighted by atomic mass is 10.1. The molecule has 2 heterocycles. The standard InChI is InChI=1S/C18H19ClN4O/c1-23(9-10-24)14-5-7-17(22-12-14)21-11-13-4-6-16(19)15-3-2-8-20-18(13)15/h2-8,12,24H,9-11H2,1H3,(H,21,22). The number of fused-ring (bicyclic) bond motifs is 1. The Morgan fingerprint density at radius 1 is 1.17 bits per heavy atom. The van der Waals surface area contributed by atoms with Gasteiger partial charge in [-0.3, -0.25) is 4.98 Å². The van der Waals surface area contributed by atoms with E-state index >= 15 is 0 Å². The van der Waals surface area contributed by atoms with E-state index in [0.717, 1.165) is 28.0 Å². The smallest absolute Gasteiger partial charge is 0.126 e. The Hall–Kier alpha value is -2.37. The van der Waals surface area contributed by atoms with Gasteiger partial charge in [-0.2, -0.15) is 0 Å². The fraction of sp³-hybridized carbons (Fsp3) is 0.222. The summed E-state index contributed by atoms with van der Waals surface area (Å²) in [7, 11) is 1.92. The third-order valence-corrected chi connectivity index (χ3v) is 4.21. The lowest BCUT2D eigenvalue weighted by molar-refractivity contribution is 0.304. The highest BCUT2D eigenvalue weighted by Crippen LogP contribution is 2.25. The summed E-state index contributed by atoms with van der Waals surface area (Å²) in [5.41, 5.74) is 2.93. The molecule has 0 spiro atoms. The average molecular weight is 343 g/mol. The van der Waals surface area contributed by atoms with Crippen LogP contribution in [0.3, 0.4) is 0 Å². The molecule has 0 saturated heterocycles. The molecule has 0 saturated carbocycles. The lowest BCUT2D eigenvalue weighted by Crippen LogP contribution is -2.21. The van der Waals surface area contributed by atoms with E-state index in [-0.39, 0.29) is 6.61 Å². The Bertz CT molecular complexity index is 823. The Kier molecular flexibility index (Phi) is 5.13. The molecule has 5 nitrogen and oxygen atoms in total. The van der Waals surface area contributed by atoms with E-state index < -0.39 is 0 Å². The summed E-state index contributed by atoms with van der Waals surface area (Å²) >= 11 is 6.22. The van der Waals surface area contributed by atoms with Gasteiger partial charge in [0.15, 0.2) is 0 Å². The molecule has 0 aliphatic rings. The first kappa shape index (κ1) is 16.5. The molecule has 124 valence electrons. The monoisotopic (exact) mass is 342 g/mol. The van der Waals surface area contributed by atoms with Crippen molar-refractivity contribution in [3.05, 3.63) is 59.4 Å². The predicted octanol–water partition coefficient (Wildman–Crippen LogP) is 3.32. The Morgan fingerprint density at radius 3 is 2.79 bits per heavy atom. The number of pyridine rings is 2. The number of likely N-dealkylation sites (N-methyl/N-ethyl adjacent to an activating group) is 1. The van der Waals surface area contributed by atoms with Gasteiger partial charge in [-0.15, -0.1) is 0 Å². The van der Waals surface area contributed by atoms with Crippen LogP contribution in [0.25, 0.3) is 10.9 Å². The zero-order valence-electron chi connectivity index (χ0n) is 13.4. The third kappa shape index (κ3) is 3.58. The molecule has 2 N–H and O–H groups in total. The number of nitrogens with zero attached hydrogens (tertiary/aromatic N) is 3. The molecule has 3 aromatic rings. The minimum atomic E-state index is 0.118. The molecule has 0 amide bonds. The number of nitrogens with one attached hydrogen (secondary N) is 1. The van der Waals surface area contributed by atoms with Crippen molar-refractivity contribution < 1.29 is 5.11 Å². The van der Waals surface area contributed by atoms with Crippen LogP contribution < -0.4 is 10.2 Å². The normalized spacial score (nSPS) is 10.8. The van der Waals surface area contributed by atoms with Gasteiger partial charge in [-0.05, 0) is 35.9 Å². The van der Waals surface area contributed by atoms with E-state index in [9.17, 15) is 0 Å². The van der Waals surface area contributed by atoms with Crippen molar-refractivity contribution in [2.24, 2.45) is 0 Å². The summed E-state index contributed by atoms with van der Waals surface area (Å²) in [6.07, 6.45) is 3.56. The van der Waals surface area contributed by atoms with Gasteiger partial charge >= 0.3 is 0 Å². The maximum absolute atomic E-state index is 8.98. The zero-order chi connectivity index (χ0) is 16.9. The van der Waals surface area contributed by atoms with Gasteiger partial charge in [-0.25, -0.2) is 4.98 Å². The highest BCUT2D eigenvalue weighted by atomic mass is 35.5. The zero-order valence-corrected chi connectivity index (χ0v) is 14.2. The van der Waals surface area contributed by atoms with Crippen LogP contribution in [0.2, 0.25) is 5.02 Å². The van der Waals surface area contributed by atoms with E-state index in [1.807, 2.05) is 48.3 Å². The first-order valence-electron chi connectivity index (χ1n) is 7.73. The van der Waals surface area contributed by atoms with Crippen molar-refractivity contribution in [2.45, 2.75) is 6.54 Å². The molecule has 0 radical (unpaired) electrons. The van der Waals surface area contributed by atoms with E-state index in [4.69, 9.17) is 16.7 Å². The van der Waals surface area contributed by atoms with Crippen LogP contribution in [0, 0.1) is 0 Å². The molecule has 6 heteroatoms. The minimum absolute atomic E-state index is 0.118. The third-order valence-electron chi connectivity index (χ3n) is 3.88. The van der Waals surface area contributed by atoms with Crippen molar-refractivity contribution in [3.8, 4) is 0 Å². The van der Waals surface area contributed by atoms with Gasteiger partial charge in [0.2, 0.25) is 0 Å². The molecular weight excluding hydrogens is 324 g/mol. The van der Waals surface area contributed by atoms with Crippen LogP contribution in [-0.2, 0) is 6.54 Å². The molecule has 0 aliphatic carbocycles. The molecule has 3 rings (SSSR count). The maximum atomic E-state index is 8.98. The number of hydrogen-bond donors (Lipinski definition) is 2. The molecule has 0 bridgehead atoms. The average Bonchev–Trinajstić information content (AvgIpc) is 2.62. The summed E-state index contributed by atoms with van der Waals surface area (Å²) < 4.78 is 0. The summed E-state index contributed by atoms with van der Waals surface area (Å²) in [6, 6.07) is 11.6. The van der Waals surface area contributed by atoms with Gasteiger partial charge < -0.3 is 15.3 Å². The second-order valence-corrected chi connectivity index (χ2v) is 5.91. The van der Waals surface area contributed by atoms with Crippen LogP contribution in [0.4, 0.5) is 11.5 Å². The van der Waals surface area contributed by atoms with Crippen LogP contribution in [0.15, 0.2) is 48.8 Å². The fourth-order valence-corrected chi connectivity index (χ4v) is 2.74. The molecule has 1 aromatic carbocycles. The molecule has 0 fully saturated rings. The Balaban J connectivity index is 1.73. The topological polar surface area (TPSA) is 61.3 Å². The van der Waals surface area contributed by atoms with Crippen LogP contribution >= 0.6 is 11.6 Å². The summed E-state index contributed by atoms with van der Waals surface area (Å²) in [4.78, 5) is 10.8. The summed E-state index contributed by atoms with van der Waals surface area (Å²) in [5, 5.41) is 13.9. The number of rotatable bonds is 6. The molecule has 0 aliphatic heterocycles. The molecule has 0 unspecified atom stereocenters. The van der Waals surface area contributed by atoms with Crippen LogP contribution in [0.1, 0.15) is 5.56 Å². The van der Waals surface area contributed by atoms with Crippen LogP contribution in [-0.4, -0.2) is 35.3 Å². The molecular formula is C18H19ClN4O. The van der Waals surface area contributed by atoms with Gasteiger partial charge in [0.05, 0.1) is 24.0 Å². The van der Waals surface area contributed by atoms with Gasteiger partial charge in [0.1, 0.15) is 5.82 Å². The van der Waals surface area contributed by atoms with Gasteiger partial charge in [0, 0.05) is 36.7 Å². The number of anilines is 2. The first-order valence-corrected chi connectivity index (χ1v) is 8.11. The predicted molar refractivity (Wildman–Crippen MR) is 98.7 cm³/mol. The molecule has 2 aromatic heterocycles. The highest BCUT2D eigenvalue weighted by molar-refractivity contribution is 6.35. The van der Waals surface area contributed by atoms with E-state index in [2.05, 4.69) is 15.3 Å². The summed E-state index contributed by atoms with van der Waals surface area (Å²) in [5.74, 6) is 0.787. The van der Waals surface area contributed by atoms with Gasteiger partial charge in [-0.1, -0.05) is 17.7 Å². The molecule has 24 heavy (non-hydrogen) atoms. The number of aliphatic hydroxyl groups is 1. The van der Waals surface area contributed by atoms with E-state index in [1.165, 1.54) is 0 Å². The number of halogens is 1. The maximum Gasteiger partial charge on any atom is 0.126 e. The van der Waals surface area contributed by atoms with E-state index in [0.29, 0.717) is 18.1 Å². The fourth-order valence-electron chi connectivity index (χ4n) is 2.52. The van der Waals surface area contributed by atoms with E-state index in [1.54, 1.807) is 12.4 Å². The summed E-state index contributed by atoms with van der Waals surface area (Å²) in [6.45, 7) is 1.31. The van der Waals surface area contributed by atoms with Crippen LogP contribution in [0.5, 0.6) is 0 Å². The minimum Gasteiger partial charge on any atom is -0.395 e. The lowest BCUT2D eigenvalue weighted by Gasteiger charge is -2.17. The van der Waals surface area contributed by atoms with Crippen molar-refractivity contribution in [1.29, 1.82) is 0 Å². The Morgan fingerprint density at radius 2 is 2.04 bits per heavy atom. The highest BCUT2D eigenvalue weighted by Gasteiger charge is 2.06. The second-order valence-electron chi connectivity index (χ2n) is 5.51. The van der Waals surface area contributed by atoms with Crippen molar-refractivity contribution in [1.82, 2.24) is 9.97 Å². The second kappa shape index (κ2) is 7.47. The number of benzene rings is 1. The SMILES string of the molecule is CN(CCO)c1ccc(NCc2ccc(Cl)c3cccnc23)nc1. The first-order chi connectivity index (χ1) is 11.7. The van der Waals surface area contributed by atoms with Crippen molar-refractivity contribution in [2.75, 3.05) is 30.4 Å². The van der Waals surface area contributed by atoms with Crippen molar-refractivity contribution in [3.63, 3.8) is 0 Å². The number of aliphatic hydroxyl groups excluding tert-OH is 1. The number of hydrogen-bond acceptors (Lipinski definition) is 5. The van der Waals surface area contributed by atoms with Crippen molar-refractivity contribution >= 4 is 34.0 Å². The van der Waals surface area contributed by atoms with Gasteiger partial charge in [0.25, 0.3) is 0 Å². The largest absolute Gasteiger partial charge is 0.395 e. The Labute approximate surface area is 145 Å². The molecule has 0 atom stereocenters. The number of aromatic nitrogens is 2. The quantitative estimate of drug-likeness (QED) is 0.719.